The van der Waals surface area contributed by atoms with E-state index in [1.807, 2.05) is 0 Å². The quantitative estimate of drug-likeness (QED) is 0.514. The first-order valence-electron chi connectivity index (χ1n) is 2.86. The fraction of sp³-hybridized carbons (Fsp3) is 0. The number of benzene rings is 1. The first-order chi connectivity index (χ1) is 5.52. The minimum Gasteiger partial charge on any atom is -0.255 e. The zero-order valence-electron chi connectivity index (χ0n) is 5.57. The number of carbonyl (C=O) groups excluding carboxylic acids is 1. The molecule has 0 radical (unpaired) electrons. The first-order valence-corrected chi connectivity index (χ1v) is 3.62. The molecule has 0 unspecified atom stereocenters. The van der Waals surface area contributed by atoms with E-state index in [0.717, 1.165) is 12.1 Å². The van der Waals surface area contributed by atoms with Crippen molar-refractivity contribution in [2.24, 2.45) is 0 Å². The summed E-state index contributed by atoms with van der Waals surface area (Å²) in [5.41, 5.74) is -0.355. The zero-order chi connectivity index (χ0) is 9.30. The summed E-state index contributed by atoms with van der Waals surface area (Å²) in [7, 11) is 0. The summed E-state index contributed by atoms with van der Waals surface area (Å²) in [6.07, 6.45) is 0. The van der Waals surface area contributed by atoms with Gasteiger partial charge >= 0.3 is 6.04 Å². The highest BCUT2D eigenvalue weighted by Gasteiger charge is 2.11. The standard InChI is InChI=1S/C7H2Cl2F2O/c8-4-1-3(7(11)12)2-5(9)6(4)10/h1-2H. The van der Waals surface area contributed by atoms with Crippen LogP contribution in [0.15, 0.2) is 12.1 Å². The van der Waals surface area contributed by atoms with Gasteiger partial charge in [-0.25, -0.2) is 4.39 Å². The molecule has 1 aromatic carbocycles. The van der Waals surface area contributed by atoms with Crippen LogP contribution in [0.25, 0.3) is 0 Å². The SMILES string of the molecule is O=C(F)c1cc(Cl)c(F)c(Cl)c1. The van der Waals surface area contributed by atoms with Gasteiger partial charge in [-0.1, -0.05) is 23.2 Å². The van der Waals surface area contributed by atoms with Crippen molar-refractivity contribution in [2.45, 2.75) is 0 Å². The summed E-state index contributed by atoms with van der Waals surface area (Å²) in [5, 5.41) is -0.744. The molecule has 64 valence electrons. The molecule has 0 bridgehead atoms. The van der Waals surface area contributed by atoms with Gasteiger partial charge in [0.25, 0.3) is 0 Å². The second-order valence-corrected chi connectivity index (χ2v) is 2.84. The van der Waals surface area contributed by atoms with Crippen LogP contribution >= 0.6 is 23.2 Å². The Morgan fingerprint density at radius 1 is 1.25 bits per heavy atom. The molecule has 0 saturated carbocycles. The summed E-state index contributed by atoms with van der Waals surface area (Å²) in [6, 6.07) is 0.0646. The maximum atomic E-state index is 12.7. The fourth-order valence-corrected chi connectivity index (χ4v) is 1.16. The molecule has 0 aliphatic rings. The molecule has 1 aromatic rings. The van der Waals surface area contributed by atoms with Gasteiger partial charge in [0.1, 0.15) is 0 Å². The van der Waals surface area contributed by atoms with Crippen molar-refractivity contribution in [3.05, 3.63) is 33.6 Å². The van der Waals surface area contributed by atoms with E-state index in [9.17, 15) is 13.6 Å². The zero-order valence-corrected chi connectivity index (χ0v) is 7.09. The van der Waals surface area contributed by atoms with E-state index in [4.69, 9.17) is 23.2 Å². The normalized spacial score (nSPS) is 10.0. The van der Waals surface area contributed by atoms with E-state index < -0.39 is 11.9 Å². The smallest absolute Gasteiger partial charge is 0.255 e. The molecule has 5 heteroatoms. The van der Waals surface area contributed by atoms with Crippen molar-refractivity contribution in [2.75, 3.05) is 0 Å². The molecule has 0 saturated heterocycles. The van der Waals surface area contributed by atoms with Crippen molar-refractivity contribution < 1.29 is 13.6 Å². The molecule has 0 aliphatic carbocycles. The van der Waals surface area contributed by atoms with Crippen LogP contribution in [0.5, 0.6) is 0 Å². The average Bonchev–Trinajstić information content (AvgIpc) is 1.99. The Kier molecular flexibility index (Phi) is 2.65. The van der Waals surface area contributed by atoms with Crippen LogP contribution in [0.2, 0.25) is 10.0 Å². The van der Waals surface area contributed by atoms with Crippen LogP contribution in [0.4, 0.5) is 8.78 Å². The molecule has 0 amide bonds. The number of hydrogen-bond acceptors (Lipinski definition) is 1. The summed E-state index contributed by atoms with van der Waals surface area (Å²) in [6.45, 7) is 0. The molecular weight excluding hydrogens is 209 g/mol. The van der Waals surface area contributed by atoms with E-state index in [1.54, 1.807) is 0 Å². The molecule has 1 rings (SSSR count). The topological polar surface area (TPSA) is 17.1 Å². The molecule has 0 aromatic heterocycles. The van der Waals surface area contributed by atoms with Crippen molar-refractivity contribution >= 4 is 29.2 Å². The second kappa shape index (κ2) is 3.37. The van der Waals surface area contributed by atoms with Gasteiger partial charge in [-0.15, -0.1) is 0 Å². The second-order valence-electron chi connectivity index (χ2n) is 2.03. The maximum absolute atomic E-state index is 12.7. The van der Waals surface area contributed by atoms with Crippen molar-refractivity contribution in [1.82, 2.24) is 0 Å². The molecule has 0 atom stereocenters. The Morgan fingerprint density at radius 3 is 2.00 bits per heavy atom. The third-order valence-electron chi connectivity index (χ3n) is 1.21. The van der Waals surface area contributed by atoms with Gasteiger partial charge < -0.3 is 0 Å². The van der Waals surface area contributed by atoms with Gasteiger partial charge in [0.15, 0.2) is 5.82 Å². The fourth-order valence-electron chi connectivity index (χ4n) is 0.669. The van der Waals surface area contributed by atoms with Gasteiger partial charge in [-0.05, 0) is 12.1 Å². The van der Waals surface area contributed by atoms with Crippen LogP contribution in [0.3, 0.4) is 0 Å². The Hall–Kier alpha value is -0.670. The van der Waals surface area contributed by atoms with E-state index in [2.05, 4.69) is 0 Å². The molecule has 0 spiro atoms. The largest absolute Gasteiger partial charge is 0.332 e. The van der Waals surface area contributed by atoms with E-state index in [-0.39, 0.29) is 15.6 Å². The summed E-state index contributed by atoms with van der Waals surface area (Å²) >= 11 is 10.6. The molecule has 12 heavy (non-hydrogen) atoms. The highest BCUT2D eigenvalue weighted by atomic mass is 35.5. The van der Waals surface area contributed by atoms with Gasteiger partial charge in [-0.3, -0.25) is 4.79 Å². The van der Waals surface area contributed by atoms with Crippen LogP contribution in [-0.4, -0.2) is 6.04 Å². The third-order valence-corrected chi connectivity index (χ3v) is 1.76. The number of hydrogen-bond donors (Lipinski definition) is 0. The van der Waals surface area contributed by atoms with Crippen LogP contribution in [0, 0.1) is 5.82 Å². The minimum atomic E-state index is -1.70. The Bertz CT molecular complexity index is 315. The van der Waals surface area contributed by atoms with Crippen molar-refractivity contribution in [3.8, 4) is 0 Å². The maximum Gasteiger partial charge on any atom is 0.332 e. The third kappa shape index (κ3) is 1.73. The molecule has 0 N–H and O–H groups in total. The van der Waals surface area contributed by atoms with Gasteiger partial charge in [-0.2, -0.15) is 4.39 Å². The van der Waals surface area contributed by atoms with Crippen LogP contribution < -0.4 is 0 Å². The highest BCUT2D eigenvalue weighted by molar-refractivity contribution is 6.35. The molecule has 0 heterocycles. The Morgan fingerprint density at radius 2 is 1.67 bits per heavy atom. The molecular formula is C7H2Cl2F2O. The Labute approximate surface area is 76.9 Å². The first kappa shape index (κ1) is 9.42. The van der Waals surface area contributed by atoms with Crippen LogP contribution in [-0.2, 0) is 0 Å². The number of carbonyl (C=O) groups is 1. The lowest BCUT2D eigenvalue weighted by atomic mass is 10.2. The molecule has 1 nitrogen and oxygen atoms in total. The van der Waals surface area contributed by atoms with Gasteiger partial charge in [0.2, 0.25) is 0 Å². The lowest BCUT2D eigenvalue weighted by Gasteiger charge is -1.98. The lowest BCUT2D eigenvalue weighted by molar-refractivity contribution is 0.0836. The summed E-state index contributed by atoms with van der Waals surface area (Å²) in [4.78, 5) is 10.2. The van der Waals surface area contributed by atoms with Crippen molar-refractivity contribution in [1.29, 1.82) is 0 Å². The van der Waals surface area contributed by atoms with E-state index in [0.29, 0.717) is 0 Å². The van der Waals surface area contributed by atoms with E-state index >= 15 is 0 Å². The minimum absolute atomic E-state index is 0.355. The van der Waals surface area contributed by atoms with E-state index in [1.165, 1.54) is 0 Å². The number of rotatable bonds is 1. The lowest BCUT2D eigenvalue weighted by Crippen LogP contribution is -1.91. The average molecular weight is 211 g/mol. The summed E-state index contributed by atoms with van der Waals surface area (Å²) < 4.78 is 24.7. The van der Waals surface area contributed by atoms with Crippen molar-refractivity contribution in [3.63, 3.8) is 0 Å². The predicted molar refractivity (Wildman–Crippen MR) is 41.9 cm³/mol. The molecule has 0 aliphatic heterocycles. The predicted octanol–water partition coefficient (Wildman–Crippen LogP) is 3.24. The molecule has 0 fully saturated rings. The van der Waals surface area contributed by atoms with Crippen LogP contribution in [0.1, 0.15) is 10.4 Å². The Balaban J connectivity index is 3.31. The summed E-state index contributed by atoms with van der Waals surface area (Å²) in [5.74, 6) is -0.858. The number of halogens is 4. The van der Waals surface area contributed by atoms with Gasteiger partial charge in [0.05, 0.1) is 15.6 Å². The van der Waals surface area contributed by atoms with Gasteiger partial charge in [0, 0.05) is 0 Å². The monoisotopic (exact) mass is 210 g/mol. The highest BCUT2D eigenvalue weighted by Crippen LogP contribution is 2.24.